The summed E-state index contributed by atoms with van der Waals surface area (Å²) in [4.78, 5) is 26.0. The minimum Gasteiger partial charge on any atom is -0.478 e. The molecule has 1 aromatic heterocycles. The third-order valence-corrected chi connectivity index (χ3v) is 3.53. The lowest BCUT2D eigenvalue weighted by Crippen LogP contribution is -2.22. The Labute approximate surface area is 117 Å². The van der Waals surface area contributed by atoms with Crippen LogP contribution in [0.3, 0.4) is 0 Å². The van der Waals surface area contributed by atoms with Crippen molar-refractivity contribution in [2.75, 3.05) is 6.26 Å². The van der Waals surface area contributed by atoms with Crippen LogP contribution in [-0.2, 0) is 14.5 Å². The Morgan fingerprint density at radius 1 is 1.35 bits per heavy atom. The number of hydrogen-bond acceptors (Lipinski definition) is 5. The first-order valence-electron chi connectivity index (χ1n) is 5.66. The molecule has 0 saturated carbocycles. The van der Waals surface area contributed by atoms with E-state index in [0.29, 0.717) is 0 Å². The van der Waals surface area contributed by atoms with Gasteiger partial charge in [0.1, 0.15) is 20.4 Å². The molecule has 1 unspecified atom stereocenters. The summed E-state index contributed by atoms with van der Waals surface area (Å²) >= 11 is 0. The molecule has 1 aromatic rings. The number of carboxylic acids is 1. The summed E-state index contributed by atoms with van der Waals surface area (Å²) in [5.41, 5.74) is -0.780. The maximum Gasteiger partial charge on any atom is 0.442 e. The van der Waals surface area contributed by atoms with E-state index in [4.69, 9.17) is 9.84 Å². The monoisotopic (exact) mass is 300 g/mol. The second-order valence-electron chi connectivity index (χ2n) is 5.06. The SMILES string of the molecule is CC(C)(C)OC(=O)N=S(C)(=O)c1ccc(C(=O)O)cn1. The molecule has 0 saturated heterocycles. The Morgan fingerprint density at radius 3 is 2.35 bits per heavy atom. The van der Waals surface area contributed by atoms with Crippen molar-refractivity contribution in [1.82, 2.24) is 4.98 Å². The molecule has 20 heavy (non-hydrogen) atoms. The van der Waals surface area contributed by atoms with E-state index in [2.05, 4.69) is 9.35 Å². The van der Waals surface area contributed by atoms with E-state index in [-0.39, 0.29) is 10.6 Å². The van der Waals surface area contributed by atoms with Crippen molar-refractivity contribution < 1.29 is 23.6 Å². The zero-order chi connectivity index (χ0) is 15.6. The number of carbonyl (C=O) groups excluding carboxylic acids is 1. The summed E-state index contributed by atoms with van der Waals surface area (Å²) in [5.74, 6) is -1.14. The third-order valence-electron chi connectivity index (χ3n) is 2.01. The van der Waals surface area contributed by atoms with E-state index >= 15 is 0 Å². The Morgan fingerprint density at radius 2 is 1.95 bits per heavy atom. The molecular weight excluding hydrogens is 284 g/mol. The van der Waals surface area contributed by atoms with Crippen molar-refractivity contribution in [3.8, 4) is 0 Å². The zero-order valence-corrected chi connectivity index (χ0v) is 12.4. The van der Waals surface area contributed by atoms with E-state index in [0.717, 1.165) is 6.20 Å². The topological polar surface area (TPSA) is 106 Å². The largest absolute Gasteiger partial charge is 0.478 e. The van der Waals surface area contributed by atoms with Gasteiger partial charge in [0.25, 0.3) is 0 Å². The van der Waals surface area contributed by atoms with Gasteiger partial charge in [0.05, 0.1) is 5.56 Å². The molecule has 1 N–H and O–H groups in total. The second-order valence-corrected chi connectivity index (χ2v) is 7.27. The Hall–Kier alpha value is -1.96. The van der Waals surface area contributed by atoms with Gasteiger partial charge in [-0.3, -0.25) is 0 Å². The molecule has 1 atom stereocenters. The second kappa shape index (κ2) is 5.58. The van der Waals surface area contributed by atoms with Crippen LogP contribution in [0.2, 0.25) is 0 Å². The number of aromatic carboxylic acids is 1. The number of carboxylic acid groups (broad SMARTS) is 1. The fourth-order valence-electron chi connectivity index (χ4n) is 1.20. The van der Waals surface area contributed by atoms with Crippen molar-refractivity contribution in [1.29, 1.82) is 0 Å². The van der Waals surface area contributed by atoms with Crippen molar-refractivity contribution in [3.63, 3.8) is 0 Å². The lowest BCUT2D eigenvalue weighted by atomic mass is 10.2. The highest BCUT2D eigenvalue weighted by Crippen LogP contribution is 2.13. The van der Waals surface area contributed by atoms with Crippen LogP contribution in [0.1, 0.15) is 31.1 Å². The molecule has 0 fully saturated rings. The highest BCUT2D eigenvalue weighted by atomic mass is 32.2. The number of nitrogens with zero attached hydrogens (tertiary/aromatic N) is 2. The lowest BCUT2D eigenvalue weighted by molar-refractivity contribution is 0.0606. The van der Waals surface area contributed by atoms with Crippen LogP contribution in [-0.4, -0.2) is 38.2 Å². The van der Waals surface area contributed by atoms with E-state index in [1.807, 2.05) is 0 Å². The van der Waals surface area contributed by atoms with Gasteiger partial charge in [0.2, 0.25) is 0 Å². The van der Waals surface area contributed by atoms with E-state index < -0.39 is 27.4 Å². The molecule has 1 rings (SSSR count). The standard InChI is InChI=1S/C12H16N2O5S/c1-12(2,3)19-11(17)14-20(4,18)9-6-5-8(7-13-9)10(15)16/h5-7H,1-4H3,(H,15,16). The normalized spacial score (nSPS) is 14.2. The predicted molar refractivity (Wildman–Crippen MR) is 72.2 cm³/mol. The maximum atomic E-state index is 12.3. The summed E-state index contributed by atoms with van der Waals surface area (Å²) < 4.78 is 20.7. The first kappa shape index (κ1) is 16.1. The zero-order valence-electron chi connectivity index (χ0n) is 11.6. The quantitative estimate of drug-likeness (QED) is 0.897. The molecule has 0 bridgehead atoms. The lowest BCUT2D eigenvalue weighted by Gasteiger charge is -2.17. The highest BCUT2D eigenvalue weighted by molar-refractivity contribution is 7.93. The molecule has 1 amide bonds. The Bertz CT molecular complexity index is 637. The summed E-state index contributed by atoms with van der Waals surface area (Å²) in [5, 5.41) is 8.76. The van der Waals surface area contributed by atoms with Gasteiger partial charge in [-0.1, -0.05) is 0 Å². The van der Waals surface area contributed by atoms with Gasteiger partial charge in [-0.2, -0.15) is 0 Å². The molecule has 0 spiro atoms. The van der Waals surface area contributed by atoms with Gasteiger partial charge < -0.3 is 9.84 Å². The molecule has 0 aliphatic rings. The summed E-state index contributed by atoms with van der Waals surface area (Å²) in [6, 6.07) is 2.51. The summed E-state index contributed by atoms with van der Waals surface area (Å²) in [7, 11) is -3.08. The van der Waals surface area contributed by atoms with Gasteiger partial charge in [0, 0.05) is 12.5 Å². The smallest absolute Gasteiger partial charge is 0.442 e. The number of ether oxygens (including phenoxy) is 1. The van der Waals surface area contributed by atoms with Gasteiger partial charge in [-0.25, -0.2) is 18.8 Å². The number of pyridine rings is 1. The van der Waals surface area contributed by atoms with Crippen molar-refractivity contribution >= 4 is 21.8 Å². The molecule has 0 aliphatic heterocycles. The molecule has 110 valence electrons. The van der Waals surface area contributed by atoms with E-state index in [9.17, 15) is 13.8 Å². The molecule has 0 radical (unpaired) electrons. The first-order valence-corrected chi connectivity index (χ1v) is 7.58. The van der Waals surface area contributed by atoms with E-state index in [1.54, 1.807) is 20.8 Å². The van der Waals surface area contributed by atoms with Crippen LogP contribution >= 0.6 is 0 Å². The summed E-state index contributed by atoms with van der Waals surface area (Å²) in [6.07, 6.45) is 1.35. The van der Waals surface area contributed by atoms with Gasteiger partial charge in [-0.15, -0.1) is 4.36 Å². The molecule has 1 heterocycles. The molecule has 8 heteroatoms. The van der Waals surface area contributed by atoms with Crippen LogP contribution in [0.15, 0.2) is 27.7 Å². The number of aromatic nitrogens is 1. The van der Waals surface area contributed by atoms with Crippen molar-refractivity contribution in [3.05, 3.63) is 23.9 Å². The molecular formula is C12H16N2O5S. The van der Waals surface area contributed by atoms with Gasteiger partial charge in [0.15, 0.2) is 0 Å². The highest BCUT2D eigenvalue weighted by Gasteiger charge is 2.18. The molecule has 0 aliphatic carbocycles. The van der Waals surface area contributed by atoms with Crippen LogP contribution in [0.4, 0.5) is 4.79 Å². The van der Waals surface area contributed by atoms with Crippen LogP contribution in [0, 0.1) is 0 Å². The summed E-state index contributed by atoms with van der Waals surface area (Å²) in [6.45, 7) is 4.99. The number of amides is 1. The Kier molecular flexibility index (Phi) is 4.49. The average Bonchev–Trinajstić information content (AvgIpc) is 2.25. The van der Waals surface area contributed by atoms with E-state index in [1.165, 1.54) is 18.4 Å². The number of hydrogen-bond donors (Lipinski definition) is 1. The maximum absolute atomic E-state index is 12.3. The predicted octanol–water partition coefficient (Wildman–Crippen LogP) is 2.17. The third kappa shape index (κ3) is 4.61. The van der Waals surface area contributed by atoms with Gasteiger partial charge >= 0.3 is 12.1 Å². The van der Waals surface area contributed by atoms with Crippen LogP contribution in [0.5, 0.6) is 0 Å². The minimum atomic E-state index is -3.08. The first-order chi connectivity index (χ1) is 9.01. The van der Waals surface area contributed by atoms with Crippen molar-refractivity contribution in [2.24, 2.45) is 4.36 Å². The number of rotatable bonds is 2. The van der Waals surface area contributed by atoms with Gasteiger partial charge in [-0.05, 0) is 32.9 Å². The minimum absolute atomic E-state index is 0.0216. The molecule has 7 nitrogen and oxygen atoms in total. The Balaban J connectivity index is 3.07. The fraction of sp³-hybridized carbons (Fsp3) is 0.417. The number of carbonyl (C=O) groups is 2. The average molecular weight is 300 g/mol. The fourth-order valence-corrected chi connectivity index (χ4v) is 2.18. The van der Waals surface area contributed by atoms with Crippen molar-refractivity contribution in [2.45, 2.75) is 31.4 Å². The molecule has 0 aromatic carbocycles. The van der Waals surface area contributed by atoms with Crippen LogP contribution in [0.25, 0.3) is 0 Å². The van der Waals surface area contributed by atoms with Crippen LogP contribution < -0.4 is 0 Å².